The Kier molecular flexibility index (Phi) is 7.50. The summed E-state index contributed by atoms with van der Waals surface area (Å²) in [5.41, 5.74) is 1.45. The number of hydrogen-bond donors (Lipinski definition) is 2. The Morgan fingerprint density at radius 2 is 1.88 bits per heavy atom. The zero-order valence-corrected chi connectivity index (χ0v) is 20.2. The minimum absolute atomic E-state index is 0.200. The summed E-state index contributed by atoms with van der Waals surface area (Å²) in [4.78, 5) is 28.4. The van der Waals surface area contributed by atoms with Crippen LogP contribution < -0.4 is 15.5 Å². The maximum atomic E-state index is 14.3. The molecule has 3 heterocycles. The van der Waals surface area contributed by atoms with Gasteiger partial charge in [-0.2, -0.15) is 0 Å². The number of morpholine rings is 1. The highest BCUT2D eigenvalue weighted by molar-refractivity contribution is 7.19. The summed E-state index contributed by atoms with van der Waals surface area (Å²) in [5.74, 6) is -1.17. The van der Waals surface area contributed by atoms with Crippen LogP contribution >= 0.6 is 22.9 Å². The number of piperazine rings is 1. The van der Waals surface area contributed by atoms with E-state index in [1.54, 1.807) is 25.0 Å². The monoisotopic (exact) mass is 495 g/mol. The maximum absolute atomic E-state index is 14.3. The van der Waals surface area contributed by atoms with Crippen LogP contribution in [0.15, 0.2) is 18.2 Å². The predicted molar refractivity (Wildman–Crippen MR) is 128 cm³/mol. The minimum Gasteiger partial charge on any atom is -0.378 e. The Morgan fingerprint density at radius 3 is 2.58 bits per heavy atom. The Labute approximate surface area is 201 Å². The van der Waals surface area contributed by atoms with Crippen LogP contribution in [0.3, 0.4) is 0 Å². The largest absolute Gasteiger partial charge is 0.378 e. The van der Waals surface area contributed by atoms with Crippen molar-refractivity contribution in [1.82, 2.24) is 15.3 Å². The van der Waals surface area contributed by atoms with E-state index in [9.17, 15) is 14.0 Å². The molecule has 1 aromatic heterocycles. The van der Waals surface area contributed by atoms with Crippen molar-refractivity contribution in [2.45, 2.75) is 6.92 Å². The van der Waals surface area contributed by atoms with Gasteiger partial charge in [0.05, 0.1) is 18.2 Å². The summed E-state index contributed by atoms with van der Waals surface area (Å²) in [6.45, 7) is 7.19. The van der Waals surface area contributed by atoms with Gasteiger partial charge in [0.15, 0.2) is 0 Å². The zero-order valence-electron chi connectivity index (χ0n) is 18.6. The molecule has 178 valence electrons. The van der Waals surface area contributed by atoms with Crippen molar-refractivity contribution in [1.29, 1.82) is 0 Å². The molecule has 2 aliphatic heterocycles. The van der Waals surface area contributed by atoms with Gasteiger partial charge < -0.3 is 20.3 Å². The second-order valence-electron chi connectivity index (χ2n) is 7.98. The van der Waals surface area contributed by atoms with Crippen molar-refractivity contribution in [3.05, 3.63) is 45.0 Å². The minimum atomic E-state index is -0.487. The number of nitrogens with zero attached hydrogens (tertiary/aromatic N) is 3. The van der Waals surface area contributed by atoms with Crippen LogP contribution in [0.25, 0.3) is 0 Å². The topological polar surface area (TPSA) is 77.2 Å². The van der Waals surface area contributed by atoms with Crippen molar-refractivity contribution in [3.63, 3.8) is 0 Å². The second kappa shape index (κ2) is 10.4. The molecule has 2 aromatic rings. The summed E-state index contributed by atoms with van der Waals surface area (Å²) < 4.78 is 19.6. The van der Waals surface area contributed by atoms with E-state index in [0.29, 0.717) is 52.5 Å². The fraction of sp³-hybridized carbons (Fsp3) is 0.455. The molecule has 0 radical (unpaired) electrons. The highest BCUT2D eigenvalue weighted by Crippen LogP contribution is 2.37. The molecular formula is C22H27ClFN5O3S. The van der Waals surface area contributed by atoms with E-state index in [-0.39, 0.29) is 11.5 Å². The van der Waals surface area contributed by atoms with E-state index in [4.69, 9.17) is 16.3 Å². The van der Waals surface area contributed by atoms with Gasteiger partial charge in [0.1, 0.15) is 15.7 Å². The molecule has 0 unspecified atom stereocenters. The number of anilines is 2. The number of rotatable bonds is 5. The third-order valence-corrected chi connectivity index (χ3v) is 7.61. The van der Waals surface area contributed by atoms with Crippen molar-refractivity contribution in [3.8, 4) is 0 Å². The average Bonchev–Trinajstić information content (AvgIpc) is 3.12. The molecule has 2 amide bonds. The van der Waals surface area contributed by atoms with Crippen molar-refractivity contribution < 1.29 is 18.7 Å². The number of ether oxygens (including phenoxy) is 1. The van der Waals surface area contributed by atoms with E-state index in [1.807, 2.05) is 9.91 Å². The van der Waals surface area contributed by atoms with E-state index in [1.165, 1.54) is 12.1 Å². The number of halogens is 2. The van der Waals surface area contributed by atoms with Gasteiger partial charge in [-0.15, -0.1) is 11.3 Å². The molecule has 1 aromatic carbocycles. The molecule has 0 saturated carbocycles. The number of carbonyl (C=O) groups excluding carboxylic acids is 2. The van der Waals surface area contributed by atoms with Gasteiger partial charge >= 0.3 is 0 Å². The Balaban J connectivity index is 1.52. The molecular weight excluding hydrogens is 469 g/mol. The van der Waals surface area contributed by atoms with E-state index < -0.39 is 11.7 Å². The number of hydrazine groups is 1. The first kappa shape index (κ1) is 23.9. The molecule has 4 rings (SSSR count). The molecule has 0 bridgehead atoms. The van der Waals surface area contributed by atoms with Crippen LogP contribution in [-0.2, 0) is 4.74 Å². The molecule has 2 N–H and O–H groups in total. The molecule has 2 aliphatic rings. The summed E-state index contributed by atoms with van der Waals surface area (Å²) >= 11 is 7.60. The zero-order chi connectivity index (χ0) is 23.5. The molecule has 0 spiro atoms. The molecule has 2 saturated heterocycles. The first-order chi connectivity index (χ1) is 15.8. The van der Waals surface area contributed by atoms with Crippen molar-refractivity contribution >= 4 is 45.4 Å². The van der Waals surface area contributed by atoms with Gasteiger partial charge in [0.25, 0.3) is 11.8 Å². The van der Waals surface area contributed by atoms with Gasteiger partial charge in [-0.25, -0.2) is 9.40 Å². The van der Waals surface area contributed by atoms with Crippen LogP contribution in [0, 0.1) is 12.7 Å². The second-order valence-corrected chi connectivity index (χ2v) is 9.38. The number of carbonyl (C=O) groups is 2. The van der Waals surface area contributed by atoms with Crippen LogP contribution in [-0.4, -0.2) is 81.4 Å². The fourth-order valence-electron chi connectivity index (χ4n) is 3.86. The summed E-state index contributed by atoms with van der Waals surface area (Å²) in [6, 6.07) is 4.28. The number of benzene rings is 1. The van der Waals surface area contributed by atoms with E-state index in [2.05, 4.69) is 10.6 Å². The predicted octanol–water partition coefficient (Wildman–Crippen LogP) is 2.83. The lowest BCUT2D eigenvalue weighted by Gasteiger charge is -2.34. The molecule has 33 heavy (non-hydrogen) atoms. The number of hydrogen-bond acceptors (Lipinski definition) is 7. The summed E-state index contributed by atoms with van der Waals surface area (Å²) in [7, 11) is 1.72. The molecule has 11 heteroatoms. The standard InChI is InChI=1S/C22H27ClFN5O3S/c1-14-18(23)19(22(31)27(2)29-5-3-25-4-6-29)33-21(14)26-20(30)15-11-16(24)13-17(12-15)28-7-9-32-10-8-28/h11-13,25H,3-10H2,1-2H3,(H,26,30). The Hall–Kier alpha value is -2.24. The Morgan fingerprint density at radius 1 is 1.18 bits per heavy atom. The van der Waals surface area contributed by atoms with Gasteiger partial charge in [-0.1, -0.05) is 11.6 Å². The number of amides is 2. The number of thiophene rings is 1. The van der Waals surface area contributed by atoms with Crippen LogP contribution in [0.5, 0.6) is 0 Å². The smallest absolute Gasteiger partial charge is 0.279 e. The maximum Gasteiger partial charge on any atom is 0.279 e. The Bertz CT molecular complexity index is 1040. The molecule has 0 aliphatic carbocycles. The van der Waals surface area contributed by atoms with Crippen molar-refractivity contribution in [2.24, 2.45) is 0 Å². The quantitative estimate of drug-likeness (QED) is 0.664. The van der Waals surface area contributed by atoms with Crippen LogP contribution in [0.1, 0.15) is 25.6 Å². The first-order valence-electron chi connectivity index (χ1n) is 10.8. The molecule has 2 fully saturated rings. The van der Waals surface area contributed by atoms with Gasteiger partial charge in [0, 0.05) is 63.1 Å². The lowest BCUT2D eigenvalue weighted by atomic mass is 10.1. The van der Waals surface area contributed by atoms with Gasteiger partial charge in [-0.05, 0) is 25.1 Å². The normalized spacial score (nSPS) is 17.2. The third-order valence-electron chi connectivity index (χ3n) is 5.83. The summed E-state index contributed by atoms with van der Waals surface area (Å²) in [5, 5.41) is 10.4. The average molecular weight is 496 g/mol. The lowest BCUT2D eigenvalue weighted by molar-refractivity contribution is -0.000429. The highest BCUT2D eigenvalue weighted by Gasteiger charge is 2.27. The highest BCUT2D eigenvalue weighted by atomic mass is 35.5. The van der Waals surface area contributed by atoms with E-state index >= 15 is 0 Å². The SMILES string of the molecule is Cc1c(NC(=O)c2cc(F)cc(N3CCOCC3)c2)sc(C(=O)N(C)N2CCNCC2)c1Cl. The lowest BCUT2D eigenvalue weighted by Crippen LogP contribution is -2.52. The van der Waals surface area contributed by atoms with Crippen LogP contribution in [0.4, 0.5) is 15.1 Å². The number of nitrogens with one attached hydrogen (secondary N) is 2. The first-order valence-corrected chi connectivity index (χ1v) is 12.0. The summed E-state index contributed by atoms with van der Waals surface area (Å²) in [6.07, 6.45) is 0. The van der Waals surface area contributed by atoms with Crippen molar-refractivity contribution in [2.75, 3.05) is 69.7 Å². The van der Waals surface area contributed by atoms with Crippen LogP contribution in [0.2, 0.25) is 5.02 Å². The van der Waals surface area contributed by atoms with Gasteiger partial charge in [0.2, 0.25) is 0 Å². The molecule has 0 atom stereocenters. The third kappa shape index (κ3) is 5.30. The van der Waals surface area contributed by atoms with Gasteiger partial charge in [-0.3, -0.25) is 14.6 Å². The molecule has 8 nitrogen and oxygen atoms in total. The van der Waals surface area contributed by atoms with E-state index in [0.717, 1.165) is 37.5 Å². The fourth-order valence-corrected chi connectivity index (χ4v) is 5.28.